The van der Waals surface area contributed by atoms with Gasteiger partial charge in [0.25, 0.3) is 0 Å². The molecule has 22 heavy (non-hydrogen) atoms. The number of hydrogen-bond donors (Lipinski definition) is 2. The lowest BCUT2D eigenvalue weighted by Gasteiger charge is -2.48. The number of nitrogens with one attached hydrogen (secondary N) is 2. The van der Waals surface area contributed by atoms with E-state index in [-0.39, 0.29) is 0 Å². The van der Waals surface area contributed by atoms with E-state index in [1.54, 1.807) is 0 Å². The molecule has 1 aliphatic carbocycles. The highest BCUT2D eigenvalue weighted by Gasteiger charge is 2.39. The molecule has 1 heterocycles. The Balaban J connectivity index is 2.07. The lowest BCUT2D eigenvalue weighted by atomic mass is 9.68. The maximum Gasteiger partial charge on any atom is 0.0546 e. The number of rotatable bonds is 4. The Bertz CT molecular complexity index is 337. The van der Waals surface area contributed by atoms with Crippen molar-refractivity contribution in [2.45, 2.75) is 104 Å². The summed E-state index contributed by atoms with van der Waals surface area (Å²) < 4.78 is 0. The van der Waals surface area contributed by atoms with Crippen LogP contribution in [0.2, 0.25) is 0 Å². The quantitative estimate of drug-likeness (QED) is 0.756. The zero-order valence-corrected chi connectivity index (χ0v) is 15.8. The predicted molar refractivity (Wildman–Crippen MR) is 97.0 cm³/mol. The van der Waals surface area contributed by atoms with Crippen molar-refractivity contribution >= 4 is 0 Å². The SMILES string of the molecule is CCC(C)CC1(C)CCC(C)(C2CCCCC2)NC(C)NC1. The zero-order valence-electron chi connectivity index (χ0n) is 15.8. The van der Waals surface area contributed by atoms with E-state index in [2.05, 4.69) is 45.3 Å². The van der Waals surface area contributed by atoms with Crippen LogP contribution in [0.1, 0.15) is 92.4 Å². The normalized spacial score (nSPS) is 40.0. The molecule has 2 N–H and O–H groups in total. The van der Waals surface area contributed by atoms with Gasteiger partial charge >= 0.3 is 0 Å². The van der Waals surface area contributed by atoms with Gasteiger partial charge in [-0.2, -0.15) is 0 Å². The highest BCUT2D eigenvalue weighted by atomic mass is 15.2. The molecule has 0 radical (unpaired) electrons. The van der Waals surface area contributed by atoms with Crippen molar-refractivity contribution in [2.24, 2.45) is 17.3 Å². The average molecular weight is 309 g/mol. The van der Waals surface area contributed by atoms with Gasteiger partial charge in [-0.1, -0.05) is 46.5 Å². The van der Waals surface area contributed by atoms with Gasteiger partial charge in [0.15, 0.2) is 0 Å². The van der Waals surface area contributed by atoms with E-state index in [1.165, 1.54) is 57.8 Å². The summed E-state index contributed by atoms with van der Waals surface area (Å²) in [6.07, 6.45) is 13.0. The summed E-state index contributed by atoms with van der Waals surface area (Å²) in [5, 5.41) is 7.75. The second-order valence-corrected chi connectivity index (χ2v) is 9.03. The third kappa shape index (κ3) is 4.71. The first-order valence-corrected chi connectivity index (χ1v) is 9.88. The van der Waals surface area contributed by atoms with Crippen molar-refractivity contribution in [1.29, 1.82) is 0 Å². The van der Waals surface area contributed by atoms with Gasteiger partial charge < -0.3 is 5.32 Å². The van der Waals surface area contributed by atoms with Crippen LogP contribution in [-0.4, -0.2) is 18.2 Å². The smallest absolute Gasteiger partial charge is 0.0546 e. The van der Waals surface area contributed by atoms with Gasteiger partial charge in [-0.25, -0.2) is 0 Å². The summed E-state index contributed by atoms with van der Waals surface area (Å²) in [4.78, 5) is 0. The van der Waals surface area contributed by atoms with Crippen molar-refractivity contribution in [3.05, 3.63) is 0 Å². The molecule has 0 aromatic carbocycles. The van der Waals surface area contributed by atoms with Gasteiger partial charge in [0.05, 0.1) is 6.17 Å². The molecule has 2 aliphatic rings. The molecule has 4 atom stereocenters. The molecule has 0 spiro atoms. The van der Waals surface area contributed by atoms with Crippen LogP contribution in [0.25, 0.3) is 0 Å². The lowest BCUT2D eigenvalue weighted by molar-refractivity contribution is 0.0865. The van der Waals surface area contributed by atoms with E-state index in [1.807, 2.05) is 0 Å². The topological polar surface area (TPSA) is 24.1 Å². The van der Waals surface area contributed by atoms with Gasteiger partial charge in [0.2, 0.25) is 0 Å². The van der Waals surface area contributed by atoms with Crippen LogP contribution in [0.3, 0.4) is 0 Å². The molecule has 1 saturated heterocycles. The maximum atomic E-state index is 3.96. The summed E-state index contributed by atoms with van der Waals surface area (Å²) in [5.41, 5.74) is 0.783. The van der Waals surface area contributed by atoms with Crippen molar-refractivity contribution in [2.75, 3.05) is 6.54 Å². The molecule has 0 bridgehead atoms. The Labute approximate surface area is 139 Å². The van der Waals surface area contributed by atoms with Crippen molar-refractivity contribution in [1.82, 2.24) is 10.6 Å². The average Bonchev–Trinajstić information content (AvgIpc) is 2.51. The van der Waals surface area contributed by atoms with Crippen LogP contribution in [0.15, 0.2) is 0 Å². The summed E-state index contributed by atoms with van der Waals surface area (Å²) >= 11 is 0. The predicted octanol–water partition coefficient (Wildman–Crippen LogP) is 5.09. The minimum Gasteiger partial charge on any atom is -0.302 e. The van der Waals surface area contributed by atoms with Gasteiger partial charge in [-0.3, -0.25) is 5.32 Å². The molecule has 1 aliphatic heterocycles. The largest absolute Gasteiger partial charge is 0.302 e. The maximum absolute atomic E-state index is 3.96. The monoisotopic (exact) mass is 308 g/mol. The third-order valence-corrected chi connectivity index (χ3v) is 6.67. The summed E-state index contributed by atoms with van der Waals surface area (Å²) in [5.74, 6) is 1.71. The second kappa shape index (κ2) is 7.66. The highest BCUT2D eigenvalue weighted by Crippen LogP contribution is 2.41. The molecule has 2 nitrogen and oxygen atoms in total. The first kappa shape index (κ1) is 18.3. The van der Waals surface area contributed by atoms with Gasteiger partial charge in [-0.05, 0) is 63.2 Å². The van der Waals surface area contributed by atoms with E-state index < -0.39 is 0 Å². The summed E-state index contributed by atoms with van der Waals surface area (Å²) in [6.45, 7) is 13.3. The Morgan fingerprint density at radius 3 is 2.41 bits per heavy atom. The van der Waals surface area contributed by atoms with Crippen LogP contribution < -0.4 is 10.6 Å². The van der Waals surface area contributed by atoms with Crippen LogP contribution in [0.5, 0.6) is 0 Å². The summed E-state index contributed by atoms with van der Waals surface area (Å²) in [6, 6.07) is 0. The molecule has 1 saturated carbocycles. The standard InChI is InChI=1S/C20H40N2/c1-6-16(2)14-19(4)12-13-20(5,22-17(3)21-15-19)18-10-8-7-9-11-18/h16-18,21-22H,6-15H2,1-5H3. The minimum atomic E-state index is 0.323. The minimum absolute atomic E-state index is 0.323. The Morgan fingerprint density at radius 1 is 1.09 bits per heavy atom. The highest BCUT2D eigenvalue weighted by molar-refractivity contribution is 4.97. The van der Waals surface area contributed by atoms with E-state index in [0.717, 1.165) is 18.4 Å². The molecule has 0 aromatic heterocycles. The van der Waals surface area contributed by atoms with Crippen LogP contribution in [-0.2, 0) is 0 Å². The molecule has 2 heteroatoms. The molecular weight excluding hydrogens is 268 g/mol. The van der Waals surface area contributed by atoms with Crippen LogP contribution in [0.4, 0.5) is 0 Å². The lowest BCUT2D eigenvalue weighted by Crippen LogP contribution is -2.60. The molecule has 4 unspecified atom stereocenters. The second-order valence-electron chi connectivity index (χ2n) is 9.03. The van der Waals surface area contributed by atoms with E-state index in [4.69, 9.17) is 0 Å². The Hall–Kier alpha value is -0.0800. The molecular formula is C20H40N2. The van der Waals surface area contributed by atoms with E-state index >= 15 is 0 Å². The Morgan fingerprint density at radius 2 is 1.77 bits per heavy atom. The Kier molecular flexibility index (Phi) is 6.36. The molecule has 2 fully saturated rings. The third-order valence-electron chi connectivity index (χ3n) is 6.67. The zero-order chi connectivity index (χ0) is 16.2. The molecule has 0 aromatic rings. The van der Waals surface area contributed by atoms with Crippen molar-refractivity contribution < 1.29 is 0 Å². The van der Waals surface area contributed by atoms with Crippen LogP contribution in [0, 0.1) is 17.3 Å². The first-order chi connectivity index (χ1) is 10.4. The van der Waals surface area contributed by atoms with Gasteiger partial charge in [0, 0.05) is 12.1 Å². The number of hydrogen-bond acceptors (Lipinski definition) is 2. The fraction of sp³-hybridized carbons (Fsp3) is 1.00. The molecule has 130 valence electrons. The van der Waals surface area contributed by atoms with Gasteiger partial charge in [0.1, 0.15) is 0 Å². The van der Waals surface area contributed by atoms with E-state index in [9.17, 15) is 0 Å². The molecule has 2 rings (SSSR count). The molecule has 0 amide bonds. The van der Waals surface area contributed by atoms with Crippen LogP contribution >= 0.6 is 0 Å². The van der Waals surface area contributed by atoms with Crippen molar-refractivity contribution in [3.8, 4) is 0 Å². The van der Waals surface area contributed by atoms with E-state index in [0.29, 0.717) is 17.1 Å². The fourth-order valence-electron chi connectivity index (χ4n) is 4.89. The van der Waals surface area contributed by atoms with Gasteiger partial charge in [-0.15, -0.1) is 0 Å². The van der Waals surface area contributed by atoms with Crippen molar-refractivity contribution in [3.63, 3.8) is 0 Å². The summed E-state index contributed by atoms with van der Waals surface area (Å²) in [7, 11) is 0. The fourth-order valence-corrected chi connectivity index (χ4v) is 4.89. The first-order valence-electron chi connectivity index (χ1n) is 9.88.